The smallest absolute Gasteiger partial charge is 0.147 e. The van der Waals surface area contributed by atoms with E-state index in [1.165, 1.54) is 32.1 Å². The van der Waals surface area contributed by atoms with Gasteiger partial charge in [-0.25, -0.2) is 0 Å². The van der Waals surface area contributed by atoms with E-state index in [2.05, 4.69) is 22.9 Å². The summed E-state index contributed by atoms with van der Waals surface area (Å²) in [5, 5.41) is 11.3. The van der Waals surface area contributed by atoms with Crippen LogP contribution in [0, 0.1) is 46.8 Å². The van der Waals surface area contributed by atoms with E-state index in [-0.39, 0.29) is 11.3 Å². The zero-order valence-electron chi connectivity index (χ0n) is 17.3. The summed E-state index contributed by atoms with van der Waals surface area (Å²) in [6.07, 6.45) is 9.23. The second-order valence-corrected chi connectivity index (χ2v) is 11.3. The molecular weight excluding hydrogens is 404 g/mol. The van der Waals surface area contributed by atoms with Crippen LogP contribution >= 0.6 is 15.9 Å². The third-order valence-corrected chi connectivity index (χ3v) is 9.80. The van der Waals surface area contributed by atoms with E-state index in [1.807, 2.05) is 14.0 Å². The Hall–Kier alpha value is 0.0700. The molecule has 4 rings (SSSR count). The number of carbonyl (C=O) groups is 1. The normalized spacial score (nSPS) is 52.0. The summed E-state index contributed by atoms with van der Waals surface area (Å²) in [5.74, 6) is 4.82. The first-order valence-corrected chi connectivity index (χ1v) is 12.2. The molecule has 4 aliphatic carbocycles. The topological polar surface area (TPSA) is 46.5 Å². The predicted octanol–water partition coefficient (Wildman–Crippen LogP) is 4.84. The molecule has 0 spiro atoms. The zero-order valence-corrected chi connectivity index (χ0v) is 18.8. The number of ether oxygens (including phenoxy) is 1. The molecule has 4 aliphatic rings. The Morgan fingerprint density at radius 2 is 1.89 bits per heavy atom. The van der Waals surface area contributed by atoms with Gasteiger partial charge < -0.3 is 9.84 Å². The van der Waals surface area contributed by atoms with Gasteiger partial charge in [-0.3, -0.25) is 4.79 Å². The number of hydrogen-bond acceptors (Lipinski definition) is 3. The van der Waals surface area contributed by atoms with Crippen molar-refractivity contribution in [2.24, 2.45) is 46.8 Å². The highest BCUT2D eigenvalue weighted by Gasteiger charge is 2.59. The van der Waals surface area contributed by atoms with E-state index >= 15 is 0 Å². The first kappa shape index (κ1) is 20.3. The van der Waals surface area contributed by atoms with Gasteiger partial charge in [0.2, 0.25) is 0 Å². The van der Waals surface area contributed by atoms with Gasteiger partial charge in [-0.2, -0.15) is 0 Å². The molecule has 4 saturated carbocycles. The number of halogens is 1. The van der Waals surface area contributed by atoms with E-state index in [0.717, 1.165) is 43.6 Å². The largest absolute Gasteiger partial charge is 0.390 e. The van der Waals surface area contributed by atoms with Gasteiger partial charge in [-0.1, -0.05) is 22.9 Å². The molecule has 0 radical (unpaired) electrons. The second-order valence-electron chi connectivity index (χ2n) is 10.7. The summed E-state index contributed by atoms with van der Waals surface area (Å²) < 4.78 is 5.61. The van der Waals surface area contributed by atoms with Crippen molar-refractivity contribution in [1.82, 2.24) is 0 Å². The van der Waals surface area contributed by atoms with Crippen molar-refractivity contribution in [2.75, 3.05) is 19.0 Å². The van der Waals surface area contributed by atoms with Gasteiger partial charge in [0, 0.05) is 19.6 Å². The Balaban J connectivity index is 1.59. The monoisotopic (exact) mass is 440 g/mol. The molecule has 0 aromatic heterocycles. The Labute approximate surface area is 173 Å². The number of hydrogen-bond donors (Lipinski definition) is 1. The summed E-state index contributed by atoms with van der Waals surface area (Å²) in [4.78, 5) is 12.6. The van der Waals surface area contributed by atoms with Crippen LogP contribution in [0.5, 0.6) is 0 Å². The highest BCUT2D eigenvalue weighted by atomic mass is 79.9. The third-order valence-electron chi connectivity index (χ3n) is 9.25. The predicted molar refractivity (Wildman–Crippen MR) is 111 cm³/mol. The molecule has 0 aliphatic heterocycles. The summed E-state index contributed by atoms with van der Waals surface area (Å²) in [7, 11) is 1.81. The van der Waals surface area contributed by atoms with Crippen molar-refractivity contribution in [3.8, 4) is 0 Å². The van der Waals surface area contributed by atoms with Crippen molar-refractivity contribution in [2.45, 2.75) is 70.8 Å². The minimum atomic E-state index is -0.527. The number of fused-ring (bicyclic) bond motifs is 5. The summed E-state index contributed by atoms with van der Waals surface area (Å²) in [6.45, 7) is 5.24. The number of aliphatic hydroxyl groups is 1. The van der Waals surface area contributed by atoms with E-state index in [4.69, 9.17) is 4.74 Å². The highest BCUT2D eigenvalue weighted by molar-refractivity contribution is 9.09. The average molecular weight is 441 g/mol. The summed E-state index contributed by atoms with van der Waals surface area (Å²) in [5.41, 5.74) is -0.309. The molecule has 0 aromatic carbocycles. The van der Waals surface area contributed by atoms with Gasteiger partial charge in [-0.15, -0.1) is 0 Å². The maximum atomic E-state index is 12.6. The van der Waals surface area contributed by atoms with Crippen LogP contribution in [0.3, 0.4) is 0 Å². The SMILES string of the molecule is COC[C@@H]1C[C@@](C)(O)C[C@H]2CC[C@@H]3[C@H](CC[C@]4(C)[C@@H](C(=O)CBr)CC[C@@H]34)C21. The first-order valence-electron chi connectivity index (χ1n) is 11.1. The number of Topliss-reactive ketones (excluding diaryl/α,β-unsaturated/α-hetero) is 1. The van der Waals surface area contributed by atoms with E-state index < -0.39 is 5.60 Å². The quantitative estimate of drug-likeness (QED) is 0.635. The molecule has 0 saturated heterocycles. The van der Waals surface area contributed by atoms with Gasteiger partial charge >= 0.3 is 0 Å². The van der Waals surface area contributed by atoms with Crippen molar-refractivity contribution in [3.05, 3.63) is 0 Å². The molecule has 154 valence electrons. The molecule has 1 N–H and O–H groups in total. The van der Waals surface area contributed by atoms with Crippen molar-refractivity contribution < 1.29 is 14.6 Å². The van der Waals surface area contributed by atoms with Crippen LogP contribution in [0.1, 0.15) is 65.2 Å². The Morgan fingerprint density at radius 1 is 1.11 bits per heavy atom. The lowest BCUT2D eigenvalue weighted by atomic mass is 9.47. The van der Waals surface area contributed by atoms with Crippen LogP contribution in [0.25, 0.3) is 0 Å². The first-order chi connectivity index (χ1) is 12.8. The summed E-state index contributed by atoms with van der Waals surface area (Å²) >= 11 is 3.43. The van der Waals surface area contributed by atoms with Gasteiger partial charge in [0.15, 0.2) is 0 Å². The van der Waals surface area contributed by atoms with Crippen molar-refractivity contribution in [1.29, 1.82) is 0 Å². The maximum Gasteiger partial charge on any atom is 0.147 e. The minimum absolute atomic E-state index is 0.218. The van der Waals surface area contributed by atoms with E-state index in [9.17, 15) is 9.90 Å². The standard InChI is InChI=1S/C23H37BrO3/c1-22(26)10-14-4-5-16-17(21(14)15(11-22)13-27-3)8-9-23(2)18(16)6-7-19(23)20(25)12-24/h14-19,21,26H,4-13H2,1-3H3/t14-,15+,16-,17+,18+,19-,21?,22+,23+/m1/s1. The van der Waals surface area contributed by atoms with Gasteiger partial charge in [0.1, 0.15) is 5.78 Å². The average Bonchev–Trinajstić information content (AvgIpc) is 2.97. The number of carbonyl (C=O) groups excluding carboxylic acids is 1. The Kier molecular flexibility index (Phi) is 5.57. The number of ketones is 1. The molecular formula is C23H37BrO3. The number of alkyl halides is 1. The fourth-order valence-electron chi connectivity index (χ4n) is 8.49. The minimum Gasteiger partial charge on any atom is -0.390 e. The molecule has 0 aromatic rings. The Bertz CT molecular complexity index is 576. The third kappa shape index (κ3) is 3.36. The molecule has 0 bridgehead atoms. The second kappa shape index (κ2) is 7.40. The Morgan fingerprint density at radius 3 is 2.59 bits per heavy atom. The van der Waals surface area contributed by atoms with Crippen LogP contribution in [-0.2, 0) is 9.53 Å². The number of rotatable bonds is 4. The fourth-order valence-corrected chi connectivity index (χ4v) is 8.88. The molecule has 1 unspecified atom stereocenters. The zero-order chi connectivity index (χ0) is 19.4. The fraction of sp³-hybridized carbons (Fsp3) is 0.957. The molecule has 27 heavy (non-hydrogen) atoms. The number of methoxy groups -OCH3 is 1. The molecule has 4 fully saturated rings. The molecule has 0 amide bonds. The lowest BCUT2D eigenvalue weighted by Gasteiger charge is -2.58. The van der Waals surface area contributed by atoms with E-state index in [1.54, 1.807) is 0 Å². The van der Waals surface area contributed by atoms with Crippen molar-refractivity contribution >= 4 is 21.7 Å². The molecule has 0 heterocycles. The highest BCUT2D eigenvalue weighted by Crippen LogP contribution is 2.65. The van der Waals surface area contributed by atoms with Gasteiger partial charge in [0.25, 0.3) is 0 Å². The molecule has 3 nitrogen and oxygen atoms in total. The van der Waals surface area contributed by atoms with Gasteiger partial charge in [0.05, 0.1) is 10.9 Å². The maximum absolute atomic E-state index is 12.6. The molecule has 4 heteroatoms. The van der Waals surface area contributed by atoms with Crippen LogP contribution in [0.4, 0.5) is 0 Å². The van der Waals surface area contributed by atoms with Crippen molar-refractivity contribution in [3.63, 3.8) is 0 Å². The lowest BCUT2D eigenvalue weighted by Crippen LogP contribution is -2.54. The van der Waals surface area contributed by atoms with Gasteiger partial charge in [-0.05, 0) is 99.2 Å². The van der Waals surface area contributed by atoms with Crippen LogP contribution < -0.4 is 0 Å². The van der Waals surface area contributed by atoms with Crippen LogP contribution in [0.2, 0.25) is 0 Å². The van der Waals surface area contributed by atoms with Crippen LogP contribution in [0.15, 0.2) is 0 Å². The van der Waals surface area contributed by atoms with E-state index in [0.29, 0.717) is 28.9 Å². The lowest BCUT2D eigenvalue weighted by molar-refractivity contribution is -0.141. The summed E-state index contributed by atoms with van der Waals surface area (Å²) in [6, 6.07) is 0. The van der Waals surface area contributed by atoms with Crippen LogP contribution in [-0.4, -0.2) is 35.5 Å². The molecule has 9 atom stereocenters.